The molecule has 1 aliphatic rings. The molecule has 0 saturated carbocycles. The number of nitrogens with one attached hydrogen (secondary N) is 1. The molecule has 4 nitrogen and oxygen atoms in total. The first-order valence-corrected chi connectivity index (χ1v) is 11.5. The molecule has 31 heavy (non-hydrogen) atoms. The molecule has 4 rings (SSSR count). The Morgan fingerprint density at radius 1 is 0.968 bits per heavy atom. The highest BCUT2D eigenvalue weighted by molar-refractivity contribution is 6.30. The second kappa shape index (κ2) is 11.3. The van der Waals surface area contributed by atoms with Crippen molar-refractivity contribution in [2.75, 3.05) is 32.8 Å². The van der Waals surface area contributed by atoms with Gasteiger partial charge in [-0.25, -0.2) is 0 Å². The van der Waals surface area contributed by atoms with Gasteiger partial charge < -0.3 is 10.1 Å². The normalized spacial score (nSPS) is 16.2. The molecular formula is C26H30ClN3O. The number of pyridine rings is 1. The van der Waals surface area contributed by atoms with Crippen molar-refractivity contribution in [2.24, 2.45) is 5.92 Å². The molecule has 0 bridgehead atoms. The van der Waals surface area contributed by atoms with E-state index >= 15 is 0 Å². The Hall–Kier alpha value is -2.40. The summed E-state index contributed by atoms with van der Waals surface area (Å²) in [4.78, 5) is 7.10. The van der Waals surface area contributed by atoms with Gasteiger partial charge in [0.1, 0.15) is 12.4 Å². The van der Waals surface area contributed by atoms with Gasteiger partial charge in [0.25, 0.3) is 0 Å². The van der Waals surface area contributed by atoms with E-state index in [2.05, 4.69) is 33.4 Å². The average Bonchev–Trinajstić information content (AvgIpc) is 2.83. The van der Waals surface area contributed by atoms with Gasteiger partial charge >= 0.3 is 0 Å². The minimum Gasteiger partial charge on any atom is -0.492 e. The van der Waals surface area contributed by atoms with Gasteiger partial charge in [-0.1, -0.05) is 48.0 Å². The van der Waals surface area contributed by atoms with Gasteiger partial charge in [0.05, 0.1) is 11.7 Å². The number of para-hydroxylation sites is 1. The number of aromatic nitrogens is 1. The zero-order valence-electron chi connectivity index (χ0n) is 17.8. The van der Waals surface area contributed by atoms with Crippen LogP contribution in [0.15, 0.2) is 79.0 Å². The number of nitrogens with zero attached hydrogens (tertiary/aromatic N) is 2. The maximum absolute atomic E-state index is 6.10. The van der Waals surface area contributed by atoms with E-state index in [0.29, 0.717) is 5.92 Å². The van der Waals surface area contributed by atoms with Crippen LogP contribution in [0.4, 0.5) is 0 Å². The highest BCUT2D eigenvalue weighted by atomic mass is 35.5. The van der Waals surface area contributed by atoms with E-state index in [9.17, 15) is 0 Å². The molecule has 2 heterocycles. The quantitative estimate of drug-likeness (QED) is 0.501. The highest BCUT2D eigenvalue weighted by Crippen LogP contribution is 2.24. The standard InChI is InChI=1S/C26H30ClN3O/c27-23-11-9-22(10-12-23)26(25-8-4-5-15-28-25)29-20-21-13-16-30(17-14-21)18-19-31-24-6-2-1-3-7-24/h1-12,15,21,26,29H,13-14,16-20H2. The molecule has 0 amide bonds. The number of rotatable bonds is 9. The lowest BCUT2D eigenvalue weighted by Crippen LogP contribution is -2.40. The Kier molecular flexibility index (Phi) is 7.94. The number of likely N-dealkylation sites (tertiary alicyclic amines) is 1. The van der Waals surface area contributed by atoms with E-state index in [0.717, 1.165) is 49.3 Å². The first-order chi connectivity index (χ1) is 15.3. The van der Waals surface area contributed by atoms with Crippen molar-refractivity contribution in [2.45, 2.75) is 18.9 Å². The summed E-state index contributed by atoms with van der Waals surface area (Å²) in [6, 6.07) is 24.3. The number of halogens is 1. The molecule has 2 aromatic carbocycles. The monoisotopic (exact) mass is 435 g/mol. The van der Waals surface area contributed by atoms with E-state index in [1.807, 2.05) is 60.8 Å². The van der Waals surface area contributed by atoms with Gasteiger partial charge in [-0.2, -0.15) is 0 Å². The van der Waals surface area contributed by atoms with Crippen LogP contribution in [0.3, 0.4) is 0 Å². The maximum Gasteiger partial charge on any atom is 0.119 e. The number of piperidine rings is 1. The second-order valence-corrected chi connectivity index (χ2v) is 8.53. The van der Waals surface area contributed by atoms with Gasteiger partial charge in [-0.15, -0.1) is 0 Å². The van der Waals surface area contributed by atoms with E-state index in [-0.39, 0.29) is 6.04 Å². The Labute approximate surface area is 190 Å². The second-order valence-electron chi connectivity index (χ2n) is 8.09. The highest BCUT2D eigenvalue weighted by Gasteiger charge is 2.21. The molecule has 1 atom stereocenters. The first-order valence-electron chi connectivity index (χ1n) is 11.1. The smallest absolute Gasteiger partial charge is 0.119 e. The van der Waals surface area contributed by atoms with Gasteiger partial charge in [0.2, 0.25) is 0 Å². The van der Waals surface area contributed by atoms with E-state index in [4.69, 9.17) is 16.3 Å². The number of hydrogen-bond acceptors (Lipinski definition) is 4. The molecule has 1 aromatic heterocycles. The fourth-order valence-corrected chi connectivity index (χ4v) is 4.23. The van der Waals surface area contributed by atoms with Gasteiger partial charge in [-0.3, -0.25) is 9.88 Å². The summed E-state index contributed by atoms with van der Waals surface area (Å²) in [7, 11) is 0. The van der Waals surface area contributed by atoms with E-state index < -0.39 is 0 Å². The molecule has 0 radical (unpaired) electrons. The summed E-state index contributed by atoms with van der Waals surface area (Å²) in [6.45, 7) is 4.96. The van der Waals surface area contributed by atoms with Crippen molar-refractivity contribution in [1.82, 2.24) is 15.2 Å². The van der Waals surface area contributed by atoms with Crippen LogP contribution in [0, 0.1) is 5.92 Å². The van der Waals surface area contributed by atoms with Crippen molar-refractivity contribution >= 4 is 11.6 Å². The Morgan fingerprint density at radius 2 is 1.71 bits per heavy atom. The molecule has 3 aromatic rings. The zero-order chi connectivity index (χ0) is 21.3. The summed E-state index contributed by atoms with van der Waals surface area (Å²) in [6.07, 6.45) is 4.26. The molecule has 0 aliphatic carbocycles. The SMILES string of the molecule is Clc1ccc(C(NCC2CCN(CCOc3ccccc3)CC2)c2ccccn2)cc1. The van der Waals surface area contributed by atoms with Crippen molar-refractivity contribution in [3.63, 3.8) is 0 Å². The summed E-state index contributed by atoms with van der Waals surface area (Å²) >= 11 is 6.10. The molecule has 1 fully saturated rings. The van der Waals surface area contributed by atoms with Gasteiger partial charge in [-0.05, 0) is 80.4 Å². The van der Waals surface area contributed by atoms with Crippen LogP contribution in [-0.2, 0) is 0 Å². The van der Waals surface area contributed by atoms with E-state index in [1.54, 1.807) is 0 Å². The molecule has 0 spiro atoms. The van der Waals surface area contributed by atoms with Crippen molar-refractivity contribution in [3.8, 4) is 5.75 Å². The van der Waals surface area contributed by atoms with Crippen LogP contribution >= 0.6 is 11.6 Å². The minimum atomic E-state index is 0.0794. The summed E-state index contributed by atoms with van der Waals surface area (Å²) in [5, 5.41) is 4.53. The third kappa shape index (κ3) is 6.54. The summed E-state index contributed by atoms with van der Waals surface area (Å²) in [5.74, 6) is 1.62. The molecule has 5 heteroatoms. The van der Waals surface area contributed by atoms with Gasteiger partial charge in [0, 0.05) is 17.8 Å². The maximum atomic E-state index is 6.10. The molecule has 1 unspecified atom stereocenters. The first kappa shape index (κ1) is 21.8. The fourth-order valence-electron chi connectivity index (χ4n) is 4.10. The molecule has 1 aliphatic heterocycles. The number of ether oxygens (including phenoxy) is 1. The number of hydrogen-bond donors (Lipinski definition) is 1. The third-order valence-electron chi connectivity index (χ3n) is 5.92. The minimum absolute atomic E-state index is 0.0794. The summed E-state index contributed by atoms with van der Waals surface area (Å²) in [5.41, 5.74) is 2.24. The third-order valence-corrected chi connectivity index (χ3v) is 6.18. The van der Waals surface area contributed by atoms with Gasteiger partial charge in [0.15, 0.2) is 0 Å². The largest absolute Gasteiger partial charge is 0.492 e. The van der Waals surface area contributed by atoms with Crippen LogP contribution in [-0.4, -0.2) is 42.7 Å². The Balaban J connectivity index is 1.25. The molecule has 162 valence electrons. The van der Waals surface area contributed by atoms with Crippen LogP contribution < -0.4 is 10.1 Å². The van der Waals surface area contributed by atoms with E-state index in [1.165, 1.54) is 18.4 Å². The molecule has 1 saturated heterocycles. The lowest BCUT2D eigenvalue weighted by atomic mass is 9.95. The predicted octanol–water partition coefficient (Wildman–Crippen LogP) is 5.21. The van der Waals surface area contributed by atoms with Crippen LogP contribution in [0.5, 0.6) is 5.75 Å². The Bertz CT molecular complexity index is 897. The van der Waals surface area contributed by atoms with Crippen molar-refractivity contribution in [1.29, 1.82) is 0 Å². The van der Waals surface area contributed by atoms with Crippen molar-refractivity contribution in [3.05, 3.63) is 95.3 Å². The lowest BCUT2D eigenvalue weighted by molar-refractivity contribution is 0.153. The fraction of sp³-hybridized carbons (Fsp3) is 0.346. The Morgan fingerprint density at radius 3 is 2.42 bits per heavy atom. The zero-order valence-corrected chi connectivity index (χ0v) is 18.5. The average molecular weight is 436 g/mol. The number of benzene rings is 2. The molecular weight excluding hydrogens is 406 g/mol. The lowest BCUT2D eigenvalue weighted by Gasteiger charge is -2.33. The molecule has 1 N–H and O–H groups in total. The predicted molar refractivity (Wildman–Crippen MR) is 127 cm³/mol. The topological polar surface area (TPSA) is 37.4 Å². The van der Waals surface area contributed by atoms with Crippen molar-refractivity contribution < 1.29 is 4.74 Å². The van der Waals surface area contributed by atoms with Crippen LogP contribution in [0.25, 0.3) is 0 Å². The van der Waals surface area contributed by atoms with Crippen LogP contribution in [0.2, 0.25) is 5.02 Å². The summed E-state index contributed by atoms with van der Waals surface area (Å²) < 4.78 is 5.85. The van der Waals surface area contributed by atoms with Crippen LogP contribution in [0.1, 0.15) is 30.1 Å².